The van der Waals surface area contributed by atoms with Crippen molar-refractivity contribution in [3.63, 3.8) is 0 Å². The van der Waals surface area contributed by atoms with Crippen LogP contribution in [0.25, 0.3) is 0 Å². The SMILES string of the molecule is Cl.c1ccc(CC2(CNCc3cnsc3)CCCCC2)cc1. The molecule has 3 rings (SSSR count). The van der Waals surface area contributed by atoms with Crippen molar-refractivity contribution in [1.82, 2.24) is 9.69 Å². The number of benzene rings is 1. The fourth-order valence-electron chi connectivity index (χ4n) is 3.53. The largest absolute Gasteiger partial charge is 0.312 e. The van der Waals surface area contributed by atoms with Crippen molar-refractivity contribution < 1.29 is 0 Å². The minimum atomic E-state index is 0. The molecule has 0 radical (unpaired) electrons. The smallest absolute Gasteiger partial charge is 0.0451 e. The maximum Gasteiger partial charge on any atom is 0.0451 e. The summed E-state index contributed by atoms with van der Waals surface area (Å²) in [5, 5.41) is 5.82. The van der Waals surface area contributed by atoms with Crippen LogP contribution in [0, 0.1) is 5.41 Å². The number of nitrogens with one attached hydrogen (secondary N) is 1. The fourth-order valence-corrected chi connectivity index (χ4v) is 4.07. The van der Waals surface area contributed by atoms with E-state index in [1.807, 2.05) is 6.20 Å². The zero-order valence-electron chi connectivity index (χ0n) is 13.0. The van der Waals surface area contributed by atoms with Crippen molar-refractivity contribution in [3.05, 3.63) is 53.0 Å². The second-order valence-electron chi connectivity index (χ2n) is 6.36. The number of halogens is 1. The summed E-state index contributed by atoms with van der Waals surface area (Å²) < 4.78 is 4.17. The van der Waals surface area contributed by atoms with Crippen LogP contribution in [-0.2, 0) is 13.0 Å². The van der Waals surface area contributed by atoms with Gasteiger partial charge in [-0.1, -0.05) is 49.6 Å². The van der Waals surface area contributed by atoms with Crippen LogP contribution in [-0.4, -0.2) is 10.9 Å². The second kappa shape index (κ2) is 8.66. The van der Waals surface area contributed by atoms with E-state index in [9.17, 15) is 0 Å². The summed E-state index contributed by atoms with van der Waals surface area (Å²) in [6.45, 7) is 2.07. The summed E-state index contributed by atoms with van der Waals surface area (Å²) in [5.41, 5.74) is 3.24. The van der Waals surface area contributed by atoms with Crippen molar-refractivity contribution >= 4 is 23.9 Å². The predicted molar refractivity (Wildman–Crippen MR) is 96.7 cm³/mol. The van der Waals surface area contributed by atoms with Crippen LogP contribution in [0.5, 0.6) is 0 Å². The van der Waals surface area contributed by atoms with Gasteiger partial charge in [-0.15, -0.1) is 12.4 Å². The van der Waals surface area contributed by atoms with E-state index in [1.54, 1.807) is 0 Å². The van der Waals surface area contributed by atoms with Crippen LogP contribution in [0.1, 0.15) is 43.2 Å². The zero-order chi connectivity index (χ0) is 14.4. The van der Waals surface area contributed by atoms with E-state index in [-0.39, 0.29) is 12.4 Å². The molecule has 1 aromatic heterocycles. The molecule has 1 aliphatic rings. The molecule has 1 saturated carbocycles. The first kappa shape index (κ1) is 17.5. The van der Waals surface area contributed by atoms with Crippen LogP contribution in [0.3, 0.4) is 0 Å². The van der Waals surface area contributed by atoms with Crippen molar-refractivity contribution in [1.29, 1.82) is 0 Å². The lowest BCUT2D eigenvalue weighted by molar-refractivity contribution is 0.180. The van der Waals surface area contributed by atoms with Crippen LogP contribution in [0.4, 0.5) is 0 Å². The first-order valence-electron chi connectivity index (χ1n) is 7.99. The number of hydrogen-bond acceptors (Lipinski definition) is 3. The maximum absolute atomic E-state index is 4.17. The van der Waals surface area contributed by atoms with Gasteiger partial charge < -0.3 is 5.32 Å². The van der Waals surface area contributed by atoms with Crippen molar-refractivity contribution in [2.45, 2.75) is 45.1 Å². The Morgan fingerprint density at radius 1 is 1.05 bits per heavy atom. The van der Waals surface area contributed by atoms with Gasteiger partial charge in [0.1, 0.15) is 0 Å². The monoisotopic (exact) mass is 336 g/mol. The molecule has 120 valence electrons. The minimum Gasteiger partial charge on any atom is -0.312 e. The Morgan fingerprint density at radius 3 is 2.50 bits per heavy atom. The van der Waals surface area contributed by atoms with Gasteiger partial charge in [-0.3, -0.25) is 0 Å². The first-order valence-corrected chi connectivity index (χ1v) is 8.83. The van der Waals surface area contributed by atoms with E-state index < -0.39 is 0 Å². The number of rotatable bonds is 6. The lowest BCUT2D eigenvalue weighted by Crippen LogP contribution is -2.37. The van der Waals surface area contributed by atoms with E-state index in [0.717, 1.165) is 13.1 Å². The molecule has 22 heavy (non-hydrogen) atoms. The Balaban J connectivity index is 0.00000176. The summed E-state index contributed by atoms with van der Waals surface area (Å²) in [4.78, 5) is 0. The van der Waals surface area contributed by atoms with E-state index in [0.29, 0.717) is 5.41 Å². The normalized spacial score (nSPS) is 16.9. The van der Waals surface area contributed by atoms with E-state index in [1.165, 1.54) is 61.2 Å². The Labute approximate surface area is 143 Å². The fraction of sp³-hybridized carbons (Fsp3) is 0.500. The molecular formula is C18H25ClN2S. The first-order chi connectivity index (χ1) is 10.4. The van der Waals surface area contributed by atoms with Crippen LogP contribution < -0.4 is 5.32 Å². The van der Waals surface area contributed by atoms with Crippen LogP contribution in [0.15, 0.2) is 41.9 Å². The van der Waals surface area contributed by atoms with Gasteiger partial charge >= 0.3 is 0 Å². The molecule has 1 fully saturated rings. The summed E-state index contributed by atoms with van der Waals surface area (Å²) in [6.07, 6.45) is 10.1. The van der Waals surface area contributed by atoms with Gasteiger partial charge in [0.15, 0.2) is 0 Å². The lowest BCUT2D eigenvalue weighted by atomic mass is 9.70. The molecule has 0 bridgehead atoms. The van der Waals surface area contributed by atoms with E-state index in [2.05, 4.69) is 45.4 Å². The lowest BCUT2D eigenvalue weighted by Gasteiger charge is -2.38. The quantitative estimate of drug-likeness (QED) is 0.815. The highest BCUT2D eigenvalue weighted by Crippen LogP contribution is 2.38. The van der Waals surface area contributed by atoms with Crippen LogP contribution in [0.2, 0.25) is 0 Å². The summed E-state index contributed by atoms with van der Waals surface area (Å²) in [6, 6.07) is 11.0. The van der Waals surface area contributed by atoms with Crippen LogP contribution >= 0.6 is 23.9 Å². The zero-order valence-corrected chi connectivity index (χ0v) is 14.6. The highest BCUT2D eigenvalue weighted by molar-refractivity contribution is 7.03. The summed E-state index contributed by atoms with van der Waals surface area (Å²) in [5.74, 6) is 0. The molecule has 0 unspecified atom stereocenters. The molecule has 1 aromatic carbocycles. The third-order valence-corrected chi connectivity index (χ3v) is 5.28. The average Bonchev–Trinajstić information content (AvgIpc) is 3.02. The number of hydrogen-bond donors (Lipinski definition) is 1. The minimum absolute atomic E-state index is 0. The third-order valence-electron chi connectivity index (χ3n) is 4.65. The van der Waals surface area contributed by atoms with E-state index >= 15 is 0 Å². The van der Waals surface area contributed by atoms with Crippen molar-refractivity contribution in [2.24, 2.45) is 5.41 Å². The van der Waals surface area contributed by atoms with Gasteiger partial charge in [0.05, 0.1) is 0 Å². The molecule has 2 aromatic rings. The highest BCUT2D eigenvalue weighted by atomic mass is 35.5. The van der Waals surface area contributed by atoms with Gasteiger partial charge in [0, 0.05) is 24.7 Å². The molecule has 0 saturated heterocycles. The molecule has 1 heterocycles. The maximum atomic E-state index is 4.17. The molecule has 0 spiro atoms. The van der Waals surface area contributed by atoms with Gasteiger partial charge in [0.25, 0.3) is 0 Å². The average molecular weight is 337 g/mol. The molecule has 1 N–H and O–H groups in total. The molecule has 0 aliphatic heterocycles. The predicted octanol–water partition coefficient (Wildman–Crippen LogP) is 4.85. The number of nitrogens with zero attached hydrogens (tertiary/aromatic N) is 1. The summed E-state index contributed by atoms with van der Waals surface area (Å²) >= 11 is 1.54. The molecular weight excluding hydrogens is 312 g/mol. The topological polar surface area (TPSA) is 24.9 Å². The van der Waals surface area contributed by atoms with Gasteiger partial charge in [-0.25, -0.2) is 4.37 Å². The molecule has 0 amide bonds. The van der Waals surface area contributed by atoms with Crippen molar-refractivity contribution in [3.8, 4) is 0 Å². The van der Waals surface area contributed by atoms with Gasteiger partial charge in [0.2, 0.25) is 0 Å². The molecule has 2 nitrogen and oxygen atoms in total. The Hall–Kier alpha value is -0.900. The number of aromatic nitrogens is 1. The van der Waals surface area contributed by atoms with E-state index in [4.69, 9.17) is 0 Å². The second-order valence-corrected chi connectivity index (χ2v) is 7.02. The van der Waals surface area contributed by atoms with Gasteiger partial charge in [-0.05, 0) is 47.3 Å². The highest BCUT2D eigenvalue weighted by Gasteiger charge is 2.31. The molecule has 4 heteroatoms. The summed E-state index contributed by atoms with van der Waals surface area (Å²) in [7, 11) is 0. The standard InChI is InChI=1S/C18H24N2S.ClH/c1-3-7-16(8-4-1)11-18(9-5-2-6-10-18)15-19-12-17-13-20-21-14-17;/h1,3-4,7-8,13-14,19H,2,5-6,9-12,15H2;1H. The Bertz CT molecular complexity index is 521. The molecule has 1 aliphatic carbocycles. The Kier molecular flexibility index (Phi) is 6.87. The molecule has 0 atom stereocenters. The van der Waals surface area contributed by atoms with Gasteiger partial charge in [-0.2, -0.15) is 0 Å². The Morgan fingerprint density at radius 2 is 1.82 bits per heavy atom. The van der Waals surface area contributed by atoms with Crippen molar-refractivity contribution in [2.75, 3.05) is 6.54 Å². The third kappa shape index (κ3) is 4.80.